The molecule has 1 saturated carbocycles. The van der Waals surface area contributed by atoms with Crippen molar-refractivity contribution < 1.29 is 5.11 Å². The molecule has 3 heteroatoms. The SMILES string of the molecule is OCc1nc(C2CCCCC2)cs1. The number of thiazole rings is 1. The summed E-state index contributed by atoms with van der Waals surface area (Å²) in [6.45, 7) is 0.0946. The number of rotatable bonds is 2. The zero-order valence-electron chi connectivity index (χ0n) is 7.70. The largest absolute Gasteiger partial charge is 0.389 e. The summed E-state index contributed by atoms with van der Waals surface area (Å²) in [5.41, 5.74) is 1.22. The number of nitrogens with zero attached hydrogens (tertiary/aromatic N) is 1. The number of aromatic nitrogens is 1. The molecule has 0 saturated heterocycles. The fourth-order valence-electron chi connectivity index (χ4n) is 1.98. The molecular formula is C10H15NOS. The molecule has 0 bridgehead atoms. The second-order valence-electron chi connectivity index (χ2n) is 3.66. The van der Waals surface area contributed by atoms with Gasteiger partial charge in [0.15, 0.2) is 0 Å². The normalized spacial score (nSPS) is 19.2. The molecule has 0 unspecified atom stereocenters. The van der Waals surface area contributed by atoms with E-state index in [-0.39, 0.29) is 6.61 Å². The van der Waals surface area contributed by atoms with E-state index in [1.165, 1.54) is 37.8 Å². The predicted molar refractivity (Wildman–Crippen MR) is 53.9 cm³/mol. The molecule has 1 aromatic rings. The molecule has 72 valence electrons. The third kappa shape index (κ3) is 2.09. The average Bonchev–Trinajstić information content (AvgIpc) is 2.67. The second kappa shape index (κ2) is 4.20. The van der Waals surface area contributed by atoms with Crippen LogP contribution in [-0.2, 0) is 6.61 Å². The van der Waals surface area contributed by atoms with Gasteiger partial charge in [-0.25, -0.2) is 4.98 Å². The maximum atomic E-state index is 8.90. The lowest BCUT2D eigenvalue weighted by atomic mass is 9.87. The lowest BCUT2D eigenvalue weighted by Crippen LogP contribution is -2.04. The van der Waals surface area contributed by atoms with E-state index in [0.717, 1.165) is 5.01 Å². The van der Waals surface area contributed by atoms with E-state index in [1.54, 1.807) is 11.3 Å². The molecule has 2 nitrogen and oxygen atoms in total. The topological polar surface area (TPSA) is 33.1 Å². The van der Waals surface area contributed by atoms with Gasteiger partial charge in [0.05, 0.1) is 12.3 Å². The van der Waals surface area contributed by atoms with E-state index in [4.69, 9.17) is 5.11 Å². The van der Waals surface area contributed by atoms with Crippen LogP contribution in [0, 0.1) is 0 Å². The minimum absolute atomic E-state index is 0.0946. The van der Waals surface area contributed by atoms with Gasteiger partial charge in [0.1, 0.15) is 5.01 Å². The highest BCUT2D eigenvalue weighted by molar-refractivity contribution is 7.09. The van der Waals surface area contributed by atoms with Crippen molar-refractivity contribution in [2.75, 3.05) is 0 Å². The van der Waals surface area contributed by atoms with E-state index < -0.39 is 0 Å². The summed E-state index contributed by atoms with van der Waals surface area (Å²) < 4.78 is 0. The van der Waals surface area contributed by atoms with Gasteiger partial charge in [-0.05, 0) is 12.8 Å². The van der Waals surface area contributed by atoms with E-state index in [0.29, 0.717) is 5.92 Å². The maximum absolute atomic E-state index is 8.90. The van der Waals surface area contributed by atoms with Crippen molar-refractivity contribution in [1.29, 1.82) is 0 Å². The molecule has 1 aromatic heterocycles. The zero-order chi connectivity index (χ0) is 9.10. The van der Waals surface area contributed by atoms with E-state index >= 15 is 0 Å². The van der Waals surface area contributed by atoms with Crippen LogP contribution in [0.3, 0.4) is 0 Å². The number of aliphatic hydroxyl groups excluding tert-OH is 1. The second-order valence-corrected chi connectivity index (χ2v) is 4.60. The molecule has 1 aliphatic carbocycles. The summed E-state index contributed by atoms with van der Waals surface area (Å²) in [5, 5.41) is 11.9. The summed E-state index contributed by atoms with van der Waals surface area (Å²) in [5.74, 6) is 0.672. The molecule has 0 aliphatic heterocycles. The average molecular weight is 197 g/mol. The quantitative estimate of drug-likeness (QED) is 0.790. The van der Waals surface area contributed by atoms with Crippen LogP contribution >= 0.6 is 11.3 Å². The Kier molecular flexibility index (Phi) is 2.96. The molecule has 0 amide bonds. The van der Waals surface area contributed by atoms with Crippen molar-refractivity contribution in [1.82, 2.24) is 4.98 Å². The molecule has 1 N–H and O–H groups in total. The highest BCUT2D eigenvalue weighted by Gasteiger charge is 2.17. The van der Waals surface area contributed by atoms with Crippen LogP contribution in [0.4, 0.5) is 0 Å². The molecule has 0 spiro atoms. The van der Waals surface area contributed by atoms with Crippen LogP contribution in [0.15, 0.2) is 5.38 Å². The van der Waals surface area contributed by atoms with Crippen molar-refractivity contribution in [3.63, 3.8) is 0 Å². The first kappa shape index (κ1) is 9.16. The molecular weight excluding hydrogens is 182 g/mol. The third-order valence-electron chi connectivity index (χ3n) is 2.73. The van der Waals surface area contributed by atoms with Crippen LogP contribution < -0.4 is 0 Å². The van der Waals surface area contributed by atoms with Crippen LogP contribution in [-0.4, -0.2) is 10.1 Å². The number of hydrogen-bond acceptors (Lipinski definition) is 3. The molecule has 0 aromatic carbocycles. The Morgan fingerprint density at radius 1 is 1.38 bits per heavy atom. The van der Waals surface area contributed by atoms with Gasteiger partial charge in [-0.3, -0.25) is 0 Å². The first-order valence-corrected chi connectivity index (χ1v) is 5.83. The van der Waals surface area contributed by atoms with Crippen molar-refractivity contribution in [3.05, 3.63) is 16.1 Å². The Hall–Kier alpha value is -0.410. The number of hydrogen-bond donors (Lipinski definition) is 1. The maximum Gasteiger partial charge on any atom is 0.118 e. The summed E-state index contributed by atoms with van der Waals surface area (Å²) in [4.78, 5) is 4.42. The van der Waals surface area contributed by atoms with Gasteiger partial charge in [0, 0.05) is 11.3 Å². The molecule has 1 heterocycles. The molecule has 0 radical (unpaired) electrons. The van der Waals surface area contributed by atoms with E-state index in [1.807, 2.05) is 0 Å². The molecule has 1 aliphatic rings. The Bertz CT molecular complexity index is 266. The van der Waals surface area contributed by atoms with Crippen molar-refractivity contribution >= 4 is 11.3 Å². The summed E-state index contributed by atoms with van der Waals surface area (Å²) in [7, 11) is 0. The van der Waals surface area contributed by atoms with Crippen LogP contribution in [0.1, 0.15) is 48.7 Å². The van der Waals surface area contributed by atoms with Gasteiger partial charge in [0.2, 0.25) is 0 Å². The standard InChI is InChI=1S/C10H15NOS/c12-6-10-11-9(7-13-10)8-4-2-1-3-5-8/h7-8,12H,1-6H2. The van der Waals surface area contributed by atoms with Crippen molar-refractivity contribution in [2.45, 2.75) is 44.6 Å². The molecule has 2 rings (SSSR count). The lowest BCUT2D eigenvalue weighted by molar-refractivity contribution is 0.280. The van der Waals surface area contributed by atoms with Gasteiger partial charge in [-0.15, -0.1) is 11.3 Å². The van der Waals surface area contributed by atoms with Gasteiger partial charge in [-0.1, -0.05) is 19.3 Å². The van der Waals surface area contributed by atoms with E-state index in [2.05, 4.69) is 10.4 Å². The Morgan fingerprint density at radius 2 is 2.15 bits per heavy atom. The van der Waals surface area contributed by atoms with Crippen molar-refractivity contribution in [2.24, 2.45) is 0 Å². The van der Waals surface area contributed by atoms with Crippen LogP contribution in [0.2, 0.25) is 0 Å². The fraction of sp³-hybridized carbons (Fsp3) is 0.700. The summed E-state index contributed by atoms with van der Waals surface area (Å²) in [6, 6.07) is 0. The van der Waals surface area contributed by atoms with Gasteiger partial charge < -0.3 is 5.11 Å². The van der Waals surface area contributed by atoms with Gasteiger partial charge >= 0.3 is 0 Å². The summed E-state index contributed by atoms with van der Waals surface area (Å²) in [6.07, 6.45) is 6.64. The van der Waals surface area contributed by atoms with E-state index in [9.17, 15) is 0 Å². The molecule has 1 fully saturated rings. The third-order valence-corrected chi connectivity index (χ3v) is 3.58. The van der Waals surface area contributed by atoms with Crippen LogP contribution in [0.25, 0.3) is 0 Å². The predicted octanol–water partition coefficient (Wildman–Crippen LogP) is 2.68. The zero-order valence-corrected chi connectivity index (χ0v) is 8.52. The van der Waals surface area contributed by atoms with Crippen molar-refractivity contribution in [3.8, 4) is 0 Å². The molecule has 13 heavy (non-hydrogen) atoms. The smallest absolute Gasteiger partial charge is 0.118 e. The highest BCUT2D eigenvalue weighted by Crippen LogP contribution is 2.32. The number of aliphatic hydroxyl groups is 1. The molecule has 0 atom stereocenters. The Labute approximate surface area is 82.6 Å². The Balaban J connectivity index is 2.05. The Morgan fingerprint density at radius 3 is 2.77 bits per heavy atom. The first-order valence-electron chi connectivity index (χ1n) is 4.95. The highest BCUT2D eigenvalue weighted by atomic mass is 32.1. The first-order chi connectivity index (χ1) is 6.40. The van der Waals surface area contributed by atoms with Gasteiger partial charge in [0.25, 0.3) is 0 Å². The van der Waals surface area contributed by atoms with Crippen LogP contribution in [0.5, 0.6) is 0 Å². The monoisotopic (exact) mass is 197 g/mol. The van der Waals surface area contributed by atoms with Gasteiger partial charge in [-0.2, -0.15) is 0 Å². The minimum Gasteiger partial charge on any atom is -0.389 e. The fourth-order valence-corrected chi connectivity index (χ4v) is 2.72. The summed E-state index contributed by atoms with van der Waals surface area (Å²) >= 11 is 1.58. The lowest BCUT2D eigenvalue weighted by Gasteiger charge is -2.19. The minimum atomic E-state index is 0.0946.